The zero-order valence-electron chi connectivity index (χ0n) is 18.1. The molecule has 0 bridgehead atoms. The summed E-state index contributed by atoms with van der Waals surface area (Å²) in [5, 5.41) is 22.1. The van der Waals surface area contributed by atoms with E-state index < -0.39 is 10.0 Å². The Labute approximate surface area is 196 Å². The topological polar surface area (TPSA) is 118 Å². The predicted octanol–water partition coefficient (Wildman–Crippen LogP) is 3.39. The summed E-state index contributed by atoms with van der Waals surface area (Å²) in [5.74, 6) is 0.427. The molecule has 174 valence electrons. The number of azo groups is 1. The Morgan fingerprint density at radius 1 is 1.21 bits per heavy atom. The number of fused-ring (bicyclic) bond motifs is 1. The van der Waals surface area contributed by atoms with Crippen molar-refractivity contribution >= 4 is 49.6 Å². The molecule has 0 unspecified atom stereocenters. The lowest BCUT2D eigenvalue weighted by molar-refractivity contribution is 0.0730. The van der Waals surface area contributed by atoms with E-state index in [1.165, 1.54) is 21.0 Å². The third-order valence-electron chi connectivity index (χ3n) is 5.31. The monoisotopic (exact) mass is 489 g/mol. The van der Waals surface area contributed by atoms with Gasteiger partial charge in [-0.25, -0.2) is 8.42 Å². The number of sulfonamides is 1. The van der Waals surface area contributed by atoms with E-state index in [-0.39, 0.29) is 34.7 Å². The Morgan fingerprint density at radius 3 is 2.67 bits per heavy atom. The van der Waals surface area contributed by atoms with E-state index in [2.05, 4.69) is 15.5 Å². The molecule has 0 amide bonds. The summed E-state index contributed by atoms with van der Waals surface area (Å²) < 4.78 is 39.6. The van der Waals surface area contributed by atoms with Gasteiger partial charge in [-0.05, 0) is 42.5 Å². The summed E-state index contributed by atoms with van der Waals surface area (Å²) in [6.07, 6.45) is 0. The summed E-state index contributed by atoms with van der Waals surface area (Å²) >= 11 is 5.26. The third-order valence-corrected chi connectivity index (χ3v) is 7.39. The van der Waals surface area contributed by atoms with Crippen molar-refractivity contribution in [3.63, 3.8) is 0 Å². The van der Waals surface area contributed by atoms with E-state index in [1.54, 1.807) is 32.4 Å². The highest BCUT2D eigenvalue weighted by Gasteiger charge is 2.27. The quantitative estimate of drug-likeness (QED) is 0.417. The van der Waals surface area contributed by atoms with Crippen molar-refractivity contribution < 1.29 is 23.0 Å². The number of hydrogen-bond acceptors (Lipinski definition) is 7. The first-order valence-corrected chi connectivity index (χ1v) is 11.9. The van der Waals surface area contributed by atoms with Crippen LogP contribution in [0.4, 0.5) is 11.4 Å². The Kier molecular flexibility index (Phi) is 6.61. The predicted molar refractivity (Wildman–Crippen MR) is 128 cm³/mol. The Bertz CT molecular complexity index is 1330. The fourth-order valence-electron chi connectivity index (χ4n) is 3.57. The maximum absolute atomic E-state index is 13.1. The van der Waals surface area contributed by atoms with E-state index in [0.717, 1.165) is 0 Å². The Hall–Kier alpha value is -3.06. The summed E-state index contributed by atoms with van der Waals surface area (Å²) in [6.45, 7) is 1.28. The molecule has 2 aromatic carbocycles. The summed E-state index contributed by atoms with van der Waals surface area (Å²) in [5.41, 5.74) is 1.34. The molecule has 1 aliphatic rings. The average Bonchev–Trinajstić information content (AvgIpc) is 3.07. The largest absolute Gasteiger partial charge is 0.495 e. The smallest absolute Gasteiger partial charge is 0.243 e. The molecule has 1 aliphatic heterocycles. The highest BCUT2D eigenvalue weighted by Crippen LogP contribution is 2.39. The molecule has 1 aromatic heterocycles. The van der Waals surface area contributed by atoms with Gasteiger partial charge in [-0.1, -0.05) is 12.1 Å². The van der Waals surface area contributed by atoms with Crippen molar-refractivity contribution in [1.82, 2.24) is 8.87 Å². The van der Waals surface area contributed by atoms with Gasteiger partial charge in [0.05, 0.1) is 36.4 Å². The first-order valence-electron chi connectivity index (χ1n) is 10.1. The molecule has 1 fully saturated rings. The second-order valence-electron chi connectivity index (χ2n) is 7.26. The van der Waals surface area contributed by atoms with Crippen molar-refractivity contribution in [2.45, 2.75) is 4.90 Å². The molecular weight excluding hydrogens is 466 g/mol. The molecule has 0 spiro atoms. The van der Waals surface area contributed by atoms with Gasteiger partial charge < -0.3 is 24.5 Å². The Balaban J connectivity index is 1.66. The number of aryl methyl sites for hydroxylation is 1. The van der Waals surface area contributed by atoms with Gasteiger partial charge in [-0.3, -0.25) is 0 Å². The molecule has 0 aliphatic carbocycles. The first kappa shape index (κ1) is 23.1. The van der Waals surface area contributed by atoms with Crippen LogP contribution in [0.25, 0.3) is 10.9 Å². The molecular formula is C21H23N5O5S2. The minimum absolute atomic E-state index is 0.0491. The van der Waals surface area contributed by atoms with Gasteiger partial charge >= 0.3 is 0 Å². The van der Waals surface area contributed by atoms with E-state index in [0.29, 0.717) is 35.6 Å². The number of morpholine rings is 1. The van der Waals surface area contributed by atoms with E-state index in [9.17, 15) is 13.5 Å². The molecule has 33 heavy (non-hydrogen) atoms. The van der Waals surface area contributed by atoms with Crippen molar-refractivity contribution in [1.29, 1.82) is 0 Å². The molecule has 10 nitrogen and oxygen atoms in total. The number of aromatic hydroxyl groups is 1. The van der Waals surface area contributed by atoms with Crippen LogP contribution < -0.4 is 10.1 Å². The van der Waals surface area contributed by atoms with E-state index in [4.69, 9.17) is 21.7 Å². The highest BCUT2D eigenvalue weighted by atomic mass is 32.2. The molecule has 2 heterocycles. The number of methoxy groups -OCH3 is 1. The number of aromatic nitrogens is 1. The van der Waals surface area contributed by atoms with Gasteiger partial charge in [0.15, 0.2) is 5.69 Å². The number of benzene rings is 2. The number of hydrogen-bond donors (Lipinski definition) is 2. The number of nitrogens with one attached hydrogen (secondary N) is 1. The number of nitrogens with zero attached hydrogens (tertiary/aromatic N) is 4. The lowest BCUT2D eigenvalue weighted by atomic mass is 10.2. The lowest BCUT2D eigenvalue weighted by Crippen LogP contribution is -2.40. The number of anilines is 1. The second-order valence-corrected chi connectivity index (χ2v) is 9.58. The minimum Gasteiger partial charge on any atom is -0.495 e. The van der Waals surface area contributed by atoms with Gasteiger partial charge in [0.25, 0.3) is 0 Å². The van der Waals surface area contributed by atoms with Gasteiger partial charge in [0.1, 0.15) is 5.75 Å². The molecule has 2 N–H and O–H groups in total. The van der Waals surface area contributed by atoms with Crippen LogP contribution in [0, 0.1) is 0 Å². The van der Waals surface area contributed by atoms with Crippen LogP contribution in [-0.2, 0) is 21.8 Å². The van der Waals surface area contributed by atoms with Gasteiger partial charge in [0, 0.05) is 25.5 Å². The van der Waals surface area contributed by atoms with E-state index >= 15 is 0 Å². The van der Waals surface area contributed by atoms with Crippen molar-refractivity contribution in [3.05, 3.63) is 42.5 Å². The zero-order valence-corrected chi connectivity index (χ0v) is 19.7. The highest BCUT2D eigenvalue weighted by molar-refractivity contribution is 7.89. The molecule has 0 atom stereocenters. The van der Waals surface area contributed by atoms with Crippen molar-refractivity contribution in [3.8, 4) is 11.6 Å². The van der Waals surface area contributed by atoms with Crippen LogP contribution in [0.2, 0.25) is 0 Å². The van der Waals surface area contributed by atoms with Crippen LogP contribution in [0.3, 0.4) is 0 Å². The van der Waals surface area contributed by atoms with E-state index in [1.807, 2.05) is 12.1 Å². The maximum Gasteiger partial charge on any atom is 0.243 e. The molecule has 12 heteroatoms. The average molecular weight is 490 g/mol. The number of para-hydroxylation sites is 2. The van der Waals surface area contributed by atoms with Crippen LogP contribution in [-0.4, -0.2) is 60.9 Å². The van der Waals surface area contributed by atoms with Crippen molar-refractivity contribution in [2.24, 2.45) is 17.3 Å². The first-order chi connectivity index (χ1) is 15.8. The second kappa shape index (κ2) is 9.43. The SMILES string of the molecule is COc1ccccc1NC(=S)N=Nc1c(O)n(C)c2ccc(S(=O)(=O)N3CCOCC3)cc12. The minimum atomic E-state index is -3.72. The van der Waals surface area contributed by atoms with Gasteiger partial charge in [-0.2, -0.15) is 4.31 Å². The normalized spacial score (nSPS) is 15.2. The number of rotatable bonds is 5. The van der Waals surface area contributed by atoms with Gasteiger partial charge in [0.2, 0.25) is 21.0 Å². The van der Waals surface area contributed by atoms with Crippen LogP contribution in [0.1, 0.15) is 0 Å². The van der Waals surface area contributed by atoms with Crippen LogP contribution >= 0.6 is 12.2 Å². The van der Waals surface area contributed by atoms with Crippen LogP contribution in [0.15, 0.2) is 57.6 Å². The maximum atomic E-state index is 13.1. The fourth-order valence-corrected chi connectivity index (χ4v) is 5.15. The van der Waals surface area contributed by atoms with Gasteiger partial charge in [-0.15, -0.1) is 10.2 Å². The number of ether oxygens (including phenoxy) is 2. The number of thiocarbonyl (C=S) groups is 1. The fraction of sp³-hybridized carbons (Fsp3) is 0.286. The summed E-state index contributed by atoms with van der Waals surface area (Å²) in [7, 11) is -0.521. The molecule has 4 rings (SSSR count). The summed E-state index contributed by atoms with van der Waals surface area (Å²) in [6, 6.07) is 11.8. The molecule has 3 aromatic rings. The Morgan fingerprint density at radius 2 is 1.94 bits per heavy atom. The summed E-state index contributed by atoms with van der Waals surface area (Å²) in [4.78, 5) is 0.105. The molecule has 1 saturated heterocycles. The molecule has 0 radical (unpaired) electrons. The standard InChI is InChI=1S/C21H23N5O5S2/c1-25-17-8-7-14(33(28,29)26-9-11-31-12-10-26)13-15(17)19(20(25)27)23-24-21(32)22-16-5-3-4-6-18(16)30-2/h3-8,13,27H,9-12H2,1-2H3,(H,22,32). The van der Waals surface area contributed by atoms with Crippen molar-refractivity contribution in [2.75, 3.05) is 38.7 Å². The lowest BCUT2D eigenvalue weighted by Gasteiger charge is -2.26. The zero-order chi connectivity index (χ0) is 23.6. The van der Waals surface area contributed by atoms with Crippen LogP contribution in [0.5, 0.6) is 11.6 Å². The third kappa shape index (κ3) is 4.55. The molecule has 0 saturated carbocycles.